The molecule has 66 heavy (non-hydrogen) atoms. The molecule has 0 amide bonds. The fourth-order valence-electron chi connectivity index (χ4n) is 7.74. The summed E-state index contributed by atoms with van der Waals surface area (Å²) in [7, 11) is 0. The number of unbranched alkanes of at least 4 members (excludes halogenated alkanes) is 27. The molecular weight excluding hydrogens is 817 g/mol. The molecule has 6 heteroatoms. The average Bonchev–Trinajstić information content (AvgIpc) is 3.31. The fourth-order valence-corrected chi connectivity index (χ4v) is 7.74. The quantitative estimate of drug-likeness (QED) is 0.0262. The van der Waals surface area contributed by atoms with E-state index < -0.39 is 6.10 Å². The van der Waals surface area contributed by atoms with Gasteiger partial charge in [-0.15, -0.1) is 0 Å². The number of carbonyl (C=O) groups excluding carboxylic acids is 3. The molecule has 0 rings (SSSR count). The van der Waals surface area contributed by atoms with Gasteiger partial charge in [-0.1, -0.05) is 241 Å². The van der Waals surface area contributed by atoms with Crippen LogP contribution in [-0.2, 0) is 28.6 Å². The molecule has 0 aliphatic heterocycles. The molecule has 0 saturated carbocycles. The van der Waals surface area contributed by atoms with Crippen LogP contribution in [0.4, 0.5) is 0 Å². The van der Waals surface area contributed by atoms with Gasteiger partial charge < -0.3 is 14.2 Å². The highest BCUT2D eigenvalue weighted by Gasteiger charge is 2.19. The van der Waals surface area contributed by atoms with Crippen LogP contribution >= 0.6 is 0 Å². The number of hydrogen-bond donors (Lipinski definition) is 0. The van der Waals surface area contributed by atoms with Crippen molar-refractivity contribution in [3.8, 4) is 0 Å². The third-order valence-corrected chi connectivity index (χ3v) is 11.9. The average molecular weight is 921 g/mol. The topological polar surface area (TPSA) is 78.9 Å². The van der Waals surface area contributed by atoms with Gasteiger partial charge in [-0.3, -0.25) is 14.4 Å². The van der Waals surface area contributed by atoms with Crippen molar-refractivity contribution in [3.05, 3.63) is 72.9 Å². The number of allylic oxidation sites excluding steroid dienone is 12. The molecule has 0 aromatic carbocycles. The van der Waals surface area contributed by atoms with Crippen molar-refractivity contribution >= 4 is 17.9 Å². The summed E-state index contributed by atoms with van der Waals surface area (Å²) in [6.07, 6.45) is 68.8. The number of hydrogen-bond acceptors (Lipinski definition) is 6. The van der Waals surface area contributed by atoms with Crippen molar-refractivity contribution in [2.75, 3.05) is 13.2 Å². The van der Waals surface area contributed by atoms with E-state index in [1.807, 2.05) is 0 Å². The molecule has 0 N–H and O–H groups in total. The standard InChI is InChI=1S/C60H104O6/c1-4-7-10-13-16-19-22-25-28-30-32-35-38-41-44-47-50-53-59(62)65-56-57(55-64-58(61)52-49-46-43-40-37-34-27-24-21-18-15-12-9-6-3)66-60(63)54-51-48-45-42-39-36-33-31-29-26-23-20-17-14-11-8-5-2/h7,10,15-16,18-19,24-25,27-28,32,35,57H,4-6,8-9,11-14,17,20-23,26,29-31,33-34,36-56H2,1-3H3/b10-7-,18-15-,19-16-,27-24-,28-25-,35-32-. The number of carbonyl (C=O) groups is 3. The Morgan fingerprint density at radius 3 is 0.970 bits per heavy atom. The van der Waals surface area contributed by atoms with Crippen molar-refractivity contribution in [3.63, 3.8) is 0 Å². The Labute approximate surface area is 408 Å². The lowest BCUT2D eigenvalue weighted by Gasteiger charge is -2.18. The second-order valence-electron chi connectivity index (χ2n) is 18.5. The molecule has 0 bridgehead atoms. The summed E-state index contributed by atoms with van der Waals surface area (Å²) in [6, 6.07) is 0. The monoisotopic (exact) mass is 921 g/mol. The maximum Gasteiger partial charge on any atom is 0.306 e. The second-order valence-corrected chi connectivity index (χ2v) is 18.5. The van der Waals surface area contributed by atoms with Crippen LogP contribution in [0.1, 0.15) is 271 Å². The smallest absolute Gasteiger partial charge is 0.306 e. The minimum Gasteiger partial charge on any atom is -0.462 e. The van der Waals surface area contributed by atoms with Crippen molar-refractivity contribution in [2.24, 2.45) is 0 Å². The Morgan fingerprint density at radius 2 is 0.606 bits per heavy atom. The second kappa shape index (κ2) is 54.5. The van der Waals surface area contributed by atoms with E-state index >= 15 is 0 Å². The maximum absolute atomic E-state index is 12.8. The van der Waals surface area contributed by atoms with E-state index in [2.05, 4.69) is 93.7 Å². The summed E-state index contributed by atoms with van der Waals surface area (Å²) in [5.74, 6) is -0.917. The van der Waals surface area contributed by atoms with Crippen molar-refractivity contribution < 1.29 is 28.6 Å². The largest absolute Gasteiger partial charge is 0.462 e. The van der Waals surface area contributed by atoms with Crippen LogP contribution in [-0.4, -0.2) is 37.2 Å². The van der Waals surface area contributed by atoms with Gasteiger partial charge in [-0.25, -0.2) is 0 Å². The number of esters is 3. The summed E-state index contributed by atoms with van der Waals surface area (Å²) < 4.78 is 16.8. The van der Waals surface area contributed by atoms with Gasteiger partial charge in [-0.2, -0.15) is 0 Å². The molecule has 0 aliphatic carbocycles. The number of ether oxygens (including phenoxy) is 3. The minimum atomic E-state index is -0.790. The van der Waals surface area contributed by atoms with Crippen LogP contribution in [0.25, 0.3) is 0 Å². The Balaban J connectivity index is 4.42. The molecular formula is C60H104O6. The van der Waals surface area contributed by atoms with E-state index in [1.54, 1.807) is 0 Å². The molecule has 0 heterocycles. The third-order valence-electron chi connectivity index (χ3n) is 11.9. The lowest BCUT2D eigenvalue weighted by molar-refractivity contribution is -0.167. The summed E-state index contributed by atoms with van der Waals surface area (Å²) in [5, 5.41) is 0. The van der Waals surface area contributed by atoms with Crippen LogP contribution < -0.4 is 0 Å². The first-order chi connectivity index (χ1) is 32.5. The van der Waals surface area contributed by atoms with Crippen LogP contribution in [0.5, 0.6) is 0 Å². The zero-order valence-corrected chi connectivity index (χ0v) is 43.4. The van der Waals surface area contributed by atoms with Gasteiger partial charge >= 0.3 is 17.9 Å². The SMILES string of the molecule is CC/C=C\C/C=C\C/C=C\C/C=C\CCCCCCC(=O)OCC(COC(=O)CCCCCCC/C=C\C/C=C\CCCC)OC(=O)CCCCCCCCCCCCCCCCCCC. The molecule has 380 valence electrons. The molecule has 0 radical (unpaired) electrons. The third kappa shape index (κ3) is 51.8. The van der Waals surface area contributed by atoms with Crippen LogP contribution in [0.3, 0.4) is 0 Å². The van der Waals surface area contributed by atoms with E-state index in [4.69, 9.17) is 14.2 Å². The van der Waals surface area contributed by atoms with E-state index in [-0.39, 0.29) is 31.1 Å². The summed E-state index contributed by atoms with van der Waals surface area (Å²) in [5.41, 5.74) is 0. The Bertz CT molecular complexity index is 1240. The van der Waals surface area contributed by atoms with Gasteiger partial charge in [0.2, 0.25) is 0 Å². The lowest BCUT2D eigenvalue weighted by atomic mass is 10.0. The molecule has 0 aromatic rings. The molecule has 0 aliphatic rings. The fraction of sp³-hybridized carbons (Fsp3) is 0.750. The van der Waals surface area contributed by atoms with Crippen molar-refractivity contribution in [1.29, 1.82) is 0 Å². The van der Waals surface area contributed by atoms with Gasteiger partial charge in [-0.05, 0) is 83.5 Å². The van der Waals surface area contributed by atoms with Gasteiger partial charge in [0.05, 0.1) is 0 Å². The molecule has 1 atom stereocenters. The molecule has 0 fully saturated rings. The number of rotatable bonds is 50. The predicted octanol–water partition coefficient (Wildman–Crippen LogP) is 18.6. The first-order valence-electron chi connectivity index (χ1n) is 27.9. The highest BCUT2D eigenvalue weighted by atomic mass is 16.6. The zero-order chi connectivity index (χ0) is 47.9. The Kier molecular flexibility index (Phi) is 51.9. The molecule has 0 spiro atoms. The van der Waals surface area contributed by atoms with Crippen LogP contribution in [0, 0.1) is 0 Å². The molecule has 0 saturated heterocycles. The van der Waals surface area contributed by atoms with E-state index in [0.29, 0.717) is 19.3 Å². The van der Waals surface area contributed by atoms with Gasteiger partial charge in [0.25, 0.3) is 0 Å². The van der Waals surface area contributed by atoms with Gasteiger partial charge in [0, 0.05) is 19.3 Å². The highest BCUT2D eigenvalue weighted by molar-refractivity contribution is 5.71. The van der Waals surface area contributed by atoms with Gasteiger partial charge in [0.1, 0.15) is 13.2 Å². The summed E-state index contributed by atoms with van der Waals surface area (Å²) in [4.78, 5) is 38.1. The van der Waals surface area contributed by atoms with E-state index in [1.165, 1.54) is 116 Å². The van der Waals surface area contributed by atoms with Crippen LogP contribution in [0.2, 0.25) is 0 Å². The first-order valence-corrected chi connectivity index (χ1v) is 27.9. The predicted molar refractivity (Wildman–Crippen MR) is 284 cm³/mol. The Hall–Kier alpha value is -3.15. The zero-order valence-electron chi connectivity index (χ0n) is 43.4. The molecule has 0 aromatic heterocycles. The normalized spacial score (nSPS) is 12.6. The van der Waals surface area contributed by atoms with E-state index in [0.717, 1.165) is 116 Å². The first kappa shape index (κ1) is 62.8. The highest BCUT2D eigenvalue weighted by Crippen LogP contribution is 2.16. The van der Waals surface area contributed by atoms with Crippen LogP contribution in [0.15, 0.2) is 72.9 Å². The van der Waals surface area contributed by atoms with E-state index in [9.17, 15) is 14.4 Å². The minimum absolute atomic E-state index is 0.0890. The lowest BCUT2D eigenvalue weighted by Crippen LogP contribution is -2.30. The van der Waals surface area contributed by atoms with Crippen molar-refractivity contribution in [2.45, 2.75) is 277 Å². The maximum atomic E-state index is 12.8. The molecule has 1 unspecified atom stereocenters. The summed E-state index contributed by atoms with van der Waals surface area (Å²) in [6.45, 7) is 6.47. The van der Waals surface area contributed by atoms with Gasteiger partial charge in [0.15, 0.2) is 6.10 Å². The molecule has 6 nitrogen and oxygen atoms in total. The Morgan fingerprint density at radius 1 is 0.318 bits per heavy atom. The van der Waals surface area contributed by atoms with Crippen molar-refractivity contribution in [1.82, 2.24) is 0 Å². The summed E-state index contributed by atoms with van der Waals surface area (Å²) >= 11 is 0.